The van der Waals surface area contributed by atoms with Crippen LogP contribution in [-0.4, -0.2) is 35.5 Å². The Labute approximate surface area is 161 Å². The molecule has 27 heavy (non-hydrogen) atoms. The van der Waals surface area contributed by atoms with Gasteiger partial charge in [0.15, 0.2) is 0 Å². The number of aromatic nitrogens is 2. The fourth-order valence-corrected chi connectivity index (χ4v) is 4.48. The van der Waals surface area contributed by atoms with E-state index in [2.05, 4.69) is 44.5 Å². The monoisotopic (exact) mass is 364 g/mol. The highest BCUT2D eigenvalue weighted by atomic mass is 16.1. The van der Waals surface area contributed by atoms with E-state index in [0.29, 0.717) is 18.2 Å². The zero-order valence-corrected chi connectivity index (χ0v) is 16.1. The summed E-state index contributed by atoms with van der Waals surface area (Å²) in [6, 6.07) is 12.4. The second-order valence-electron chi connectivity index (χ2n) is 7.92. The van der Waals surface area contributed by atoms with E-state index >= 15 is 0 Å². The molecule has 2 fully saturated rings. The molecule has 1 saturated heterocycles. The molecule has 5 nitrogen and oxygen atoms in total. The average molecular weight is 364 g/mol. The zero-order valence-electron chi connectivity index (χ0n) is 16.1. The van der Waals surface area contributed by atoms with Crippen LogP contribution in [-0.2, 0) is 5.41 Å². The maximum atomic E-state index is 12.9. The van der Waals surface area contributed by atoms with Crippen LogP contribution in [0.4, 0.5) is 5.95 Å². The summed E-state index contributed by atoms with van der Waals surface area (Å²) < 4.78 is 0. The Morgan fingerprint density at radius 2 is 1.78 bits per heavy atom. The summed E-state index contributed by atoms with van der Waals surface area (Å²) >= 11 is 0. The predicted molar refractivity (Wildman–Crippen MR) is 107 cm³/mol. The Morgan fingerprint density at radius 1 is 1.07 bits per heavy atom. The number of carbonyl (C=O) groups is 1. The molecule has 0 bridgehead atoms. The molecule has 1 aliphatic carbocycles. The summed E-state index contributed by atoms with van der Waals surface area (Å²) in [5.74, 6) is 0.597. The largest absolute Gasteiger partial charge is 0.350 e. The summed E-state index contributed by atoms with van der Waals surface area (Å²) in [6.07, 6.45) is 7.02. The van der Waals surface area contributed by atoms with Crippen molar-refractivity contribution >= 4 is 11.9 Å². The van der Waals surface area contributed by atoms with Gasteiger partial charge in [-0.3, -0.25) is 4.79 Å². The average Bonchev–Trinajstić information content (AvgIpc) is 3.39. The summed E-state index contributed by atoms with van der Waals surface area (Å²) in [5.41, 5.74) is 2.71. The number of nitrogens with one attached hydrogen (secondary N) is 1. The van der Waals surface area contributed by atoms with Crippen molar-refractivity contribution in [3.63, 3.8) is 0 Å². The van der Waals surface area contributed by atoms with Crippen LogP contribution in [0.15, 0.2) is 36.4 Å². The zero-order chi connectivity index (χ0) is 18.7. The second kappa shape index (κ2) is 7.67. The highest BCUT2D eigenvalue weighted by molar-refractivity contribution is 5.92. The number of aryl methyl sites for hydroxylation is 1. The maximum absolute atomic E-state index is 12.9. The molecule has 2 aromatic rings. The second-order valence-corrected chi connectivity index (χ2v) is 7.92. The van der Waals surface area contributed by atoms with Gasteiger partial charge in [0.05, 0.1) is 0 Å². The van der Waals surface area contributed by atoms with E-state index in [1.807, 2.05) is 13.0 Å². The van der Waals surface area contributed by atoms with Crippen LogP contribution in [0.3, 0.4) is 0 Å². The van der Waals surface area contributed by atoms with Gasteiger partial charge in [0, 0.05) is 30.7 Å². The number of nitrogens with zero attached hydrogens (tertiary/aromatic N) is 3. The molecule has 0 atom stereocenters. The standard InChI is InChI=1S/C22H28N4O/c1-17-15-19(25-21(24-17)26-13-7-8-14-26)20(27)23-16-22(11-5-6-12-22)18-9-3-2-4-10-18/h2-4,9-10,15H,5-8,11-14,16H2,1H3,(H,23,27). The third-order valence-corrected chi connectivity index (χ3v) is 6.00. The van der Waals surface area contributed by atoms with Gasteiger partial charge >= 0.3 is 0 Å². The van der Waals surface area contributed by atoms with Gasteiger partial charge in [0.2, 0.25) is 5.95 Å². The van der Waals surface area contributed by atoms with Gasteiger partial charge in [-0.15, -0.1) is 0 Å². The minimum atomic E-state index is -0.0943. The molecule has 142 valence electrons. The van der Waals surface area contributed by atoms with Crippen molar-refractivity contribution in [3.8, 4) is 0 Å². The van der Waals surface area contributed by atoms with E-state index in [4.69, 9.17) is 0 Å². The molecule has 1 aliphatic heterocycles. The minimum Gasteiger partial charge on any atom is -0.350 e. The van der Waals surface area contributed by atoms with Gasteiger partial charge in [-0.25, -0.2) is 9.97 Å². The molecule has 0 unspecified atom stereocenters. The van der Waals surface area contributed by atoms with Gasteiger partial charge in [-0.2, -0.15) is 0 Å². The van der Waals surface area contributed by atoms with Crippen molar-refractivity contribution < 1.29 is 4.79 Å². The van der Waals surface area contributed by atoms with E-state index < -0.39 is 0 Å². The molecule has 1 aromatic heterocycles. The number of carbonyl (C=O) groups excluding carboxylic acids is 1. The predicted octanol–water partition coefficient (Wildman–Crippen LogP) is 3.63. The number of hydrogen-bond donors (Lipinski definition) is 1. The Bertz CT molecular complexity index is 793. The molecule has 1 N–H and O–H groups in total. The lowest BCUT2D eigenvalue weighted by molar-refractivity contribution is 0.0938. The van der Waals surface area contributed by atoms with Gasteiger partial charge in [0.1, 0.15) is 5.69 Å². The smallest absolute Gasteiger partial charge is 0.270 e. The van der Waals surface area contributed by atoms with Gasteiger partial charge in [0.25, 0.3) is 5.91 Å². The van der Waals surface area contributed by atoms with Gasteiger partial charge in [-0.05, 0) is 44.2 Å². The van der Waals surface area contributed by atoms with Crippen LogP contribution in [0.25, 0.3) is 0 Å². The van der Waals surface area contributed by atoms with Crippen LogP contribution in [0, 0.1) is 6.92 Å². The fraction of sp³-hybridized carbons (Fsp3) is 0.500. The minimum absolute atomic E-state index is 0.0524. The molecular weight excluding hydrogens is 336 g/mol. The maximum Gasteiger partial charge on any atom is 0.270 e. The first kappa shape index (κ1) is 18.0. The fourth-order valence-electron chi connectivity index (χ4n) is 4.48. The van der Waals surface area contributed by atoms with Crippen molar-refractivity contribution in [3.05, 3.63) is 53.3 Å². The van der Waals surface area contributed by atoms with Crippen molar-refractivity contribution in [2.24, 2.45) is 0 Å². The summed E-state index contributed by atoms with van der Waals surface area (Å²) in [4.78, 5) is 24.1. The number of amides is 1. The lowest BCUT2D eigenvalue weighted by Crippen LogP contribution is -2.39. The van der Waals surface area contributed by atoms with Crippen molar-refractivity contribution in [1.82, 2.24) is 15.3 Å². The van der Waals surface area contributed by atoms with Crippen molar-refractivity contribution in [2.75, 3.05) is 24.5 Å². The third kappa shape index (κ3) is 3.82. The van der Waals surface area contributed by atoms with E-state index in [9.17, 15) is 4.79 Å². The summed E-state index contributed by atoms with van der Waals surface area (Å²) in [5, 5.41) is 3.18. The third-order valence-electron chi connectivity index (χ3n) is 6.00. The lowest BCUT2D eigenvalue weighted by Gasteiger charge is -2.30. The van der Waals surface area contributed by atoms with E-state index in [1.54, 1.807) is 6.07 Å². The Kier molecular flexibility index (Phi) is 5.10. The Balaban J connectivity index is 1.50. The lowest BCUT2D eigenvalue weighted by atomic mass is 9.79. The van der Waals surface area contributed by atoms with Gasteiger partial charge < -0.3 is 10.2 Å². The summed E-state index contributed by atoms with van der Waals surface area (Å²) in [6.45, 7) is 4.54. The number of benzene rings is 1. The van der Waals surface area contributed by atoms with E-state index in [-0.39, 0.29) is 11.3 Å². The topological polar surface area (TPSA) is 58.1 Å². The van der Waals surface area contributed by atoms with Crippen LogP contribution in [0.5, 0.6) is 0 Å². The summed E-state index contributed by atoms with van der Waals surface area (Å²) in [7, 11) is 0. The quantitative estimate of drug-likeness (QED) is 0.880. The Morgan fingerprint density at radius 3 is 2.48 bits per heavy atom. The highest BCUT2D eigenvalue weighted by Crippen LogP contribution is 2.40. The van der Waals surface area contributed by atoms with E-state index in [0.717, 1.165) is 31.6 Å². The Hall–Kier alpha value is -2.43. The van der Waals surface area contributed by atoms with Crippen LogP contribution < -0.4 is 10.2 Å². The molecule has 1 aromatic carbocycles. The molecule has 0 spiro atoms. The number of rotatable bonds is 5. The molecule has 5 heteroatoms. The van der Waals surface area contributed by atoms with Gasteiger partial charge in [-0.1, -0.05) is 43.2 Å². The van der Waals surface area contributed by atoms with Crippen LogP contribution in [0.2, 0.25) is 0 Å². The van der Waals surface area contributed by atoms with Crippen molar-refractivity contribution in [1.29, 1.82) is 0 Å². The molecule has 2 heterocycles. The molecule has 1 amide bonds. The number of hydrogen-bond acceptors (Lipinski definition) is 4. The number of anilines is 1. The normalized spacial score (nSPS) is 18.6. The molecular formula is C22H28N4O. The SMILES string of the molecule is Cc1cc(C(=O)NCC2(c3ccccc3)CCCC2)nc(N2CCCC2)n1. The van der Waals surface area contributed by atoms with Crippen LogP contribution >= 0.6 is 0 Å². The van der Waals surface area contributed by atoms with E-state index in [1.165, 1.54) is 31.2 Å². The first-order valence-corrected chi connectivity index (χ1v) is 10.1. The first-order chi connectivity index (χ1) is 13.2. The molecule has 4 rings (SSSR count). The molecule has 1 saturated carbocycles. The highest BCUT2D eigenvalue weighted by Gasteiger charge is 2.36. The van der Waals surface area contributed by atoms with Crippen molar-refractivity contribution in [2.45, 2.75) is 50.9 Å². The molecule has 2 aliphatic rings. The molecule has 0 radical (unpaired) electrons. The van der Waals surface area contributed by atoms with Crippen LogP contribution in [0.1, 0.15) is 60.3 Å². The first-order valence-electron chi connectivity index (χ1n) is 10.1.